The van der Waals surface area contributed by atoms with Gasteiger partial charge < -0.3 is 0 Å². The summed E-state index contributed by atoms with van der Waals surface area (Å²) in [6, 6.07) is 24.0. The molecule has 0 atom stereocenters. The van der Waals surface area contributed by atoms with Gasteiger partial charge in [0.05, 0.1) is 11.4 Å². The predicted octanol–water partition coefficient (Wildman–Crippen LogP) is 6.07. The summed E-state index contributed by atoms with van der Waals surface area (Å²) in [7, 11) is -3.52. The highest BCUT2D eigenvalue weighted by molar-refractivity contribution is 7.91. The summed E-state index contributed by atoms with van der Waals surface area (Å²) in [4.78, 5) is 4.69. The maximum absolute atomic E-state index is 12.4. The number of thiazole rings is 1. The van der Waals surface area contributed by atoms with E-state index < -0.39 is 10.0 Å². The topological polar surface area (TPSA) is 59.1 Å². The summed E-state index contributed by atoms with van der Waals surface area (Å²) < 4.78 is 27.4. The van der Waals surface area contributed by atoms with Crippen LogP contribution in [0.4, 0.5) is 5.69 Å². The third-order valence-corrected chi connectivity index (χ3v) is 6.65. The van der Waals surface area contributed by atoms with Crippen LogP contribution in [-0.4, -0.2) is 13.4 Å². The minimum Gasteiger partial charge on any atom is -0.283 e. The van der Waals surface area contributed by atoms with Crippen LogP contribution < -0.4 is 4.72 Å². The zero-order valence-electron chi connectivity index (χ0n) is 15.2. The van der Waals surface area contributed by atoms with Gasteiger partial charge in [0, 0.05) is 27.2 Å². The molecule has 4 nitrogen and oxygen atoms in total. The molecule has 3 aromatic carbocycles. The van der Waals surface area contributed by atoms with E-state index in [1.165, 1.54) is 0 Å². The molecule has 0 fully saturated rings. The first-order valence-electron chi connectivity index (χ1n) is 8.85. The van der Waals surface area contributed by atoms with Crippen LogP contribution in [0.15, 0.2) is 84.2 Å². The first-order chi connectivity index (χ1) is 14.0. The lowest BCUT2D eigenvalue weighted by atomic mass is 10.1. The fraction of sp³-hybridized carbons (Fsp3) is 0.0455. The largest absolute Gasteiger partial charge is 0.283 e. The molecular weight excluding hydrogens is 424 g/mol. The summed E-state index contributed by atoms with van der Waals surface area (Å²) in [6.07, 6.45) is 0. The summed E-state index contributed by atoms with van der Waals surface area (Å²) in [6.45, 7) is 0. The summed E-state index contributed by atoms with van der Waals surface area (Å²) in [5, 5.41) is 3.53. The fourth-order valence-electron chi connectivity index (χ4n) is 2.84. The van der Waals surface area contributed by atoms with Crippen molar-refractivity contribution in [1.29, 1.82) is 0 Å². The monoisotopic (exact) mass is 440 g/mol. The molecule has 0 spiro atoms. The first kappa shape index (κ1) is 19.6. The van der Waals surface area contributed by atoms with Crippen molar-refractivity contribution >= 4 is 38.6 Å². The quantitative estimate of drug-likeness (QED) is 0.395. The van der Waals surface area contributed by atoms with Crippen molar-refractivity contribution in [3.05, 3.63) is 94.8 Å². The van der Waals surface area contributed by atoms with E-state index in [4.69, 9.17) is 11.6 Å². The van der Waals surface area contributed by atoms with Crippen molar-refractivity contribution in [2.45, 2.75) is 5.75 Å². The normalized spacial score (nSPS) is 11.3. The maximum Gasteiger partial charge on any atom is 0.236 e. The van der Waals surface area contributed by atoms with E-state index in [1.54, 1.807) is 47.7 Å². The smallest absolute Gasteiger partial charge is 0.236 e. The van der Waals surface area contributed by atoms with E-state index in [0.29, 0.717) is 16.3 Å². The van der Waals surface area contributed by atoms with Crippen LogP contribution in [0.1, 0.15) is 5.56 Å². The molecule has 4 rings (SSSR count). The van der Waals surface area contributed by atoms with Crippen LogP contribution in [0.25, 0.3) is 21.8 Å². The number of nitrogens with zero attached hydrogens (tertiary/aromatic N) is 1. The molecular formula is C22H17ClN2O2S2. The molecule has 146 valence electrons. The van der Waals surface area contributed by atoms with Gasteiger partial charge in [0.25, 0.3) is 0 Å². The first-order valence-corrected chi connectivity index (χ1v) is 11.8. The highest BCUT2D eigenvalue weighted by Gasteiger charge is 2.12. The van der Waals surface area contributed by atoms with E-state index in [2.05, 4.69) is 9.71 Å². The number of sulfonamides is 1. The maximum atomic E-state index is 12.4. The van der Waals surface area contributed by atoms with Crippen molar-refractivity contribution in [2.24, 2.45) is 0 Å². The molecule has 0 saturated heterocycles. The van der Waals surface area contributed by atoms with Gasteiger partial charge >= 0.3 is 0 Å². The van der Waals surface area contributed by atoms with Gasteiger partial charge in [0.2, 0.25) is 10.0 Å². The van der Waals surface area contributed by atoms with E-state index >= 15 is 0 Å². The Morgan fingerprint density at radius 1 is 0.862 bits per heavy atom. The van der Waals surface area contributed by atoms with Gasteiger partial charge in [-0.2, -0.15) is 0 Å². The average molecular weight is 441 g/mol. The summed E-state index contributed by atoms with van der Waals surface area (Å²) >= 11 is 7.43. The number of rotatable bonds is 6. The number of nitrogens with one attached hydrogen (secondary N) is 1. The van der Waals surface area contributed by atoms with Crippen LogP contribution in [0.3, 0.4) is 0 Å². The molecule has 1 heterocycles. The van der Waals surface area contributed by atoms with Gasteiger partial charge in [-0.3, -0.25) is 4.72 Å². The van der Waals surface area contributed by atoms with Gasteiger partial charge in [-0.1, -0.05) is 66.2 Å². The Morgan fingerprint density at radius 2 is 1.55 bits per heavy atom. The van der Waals surface area contributed by atoms with Gasteiger partial charge in [-0.15, -0.1) is 11.3 Å². The van der Waals surface area contributed by atoms with Gasteiger partial charge in [0.1, 0.15) is 5.01 Å². The van der Waals surface area contributed by atoms with Crippen molar-refractivity contribution in [1.82, 2.24) is 4.98 Å². The minimum atomic E-state index is -3.52. The third-order valence-electron chi connectivity index (χ3n) is 4.25. The SMILES string of the molecule is O=S(=O)(Cc1ccc(Cl)cc1)Nc1ccc(-c2csc(-c3ccccc3)n2)cc1. The molecule has 4 aromatic rings. The van der Waals surface area contributed by atoms with Crippen LogP contribution in [0.5, 0.6) is 0 Å². The second-order valence-corrected chi connectivity index (χ2v) is 9.49. The Morgan fingerprint density at radius 3 is 2.24 bits per heavy atom. The lowest BCUT2D eigenvalue weighted by molar-refractivity contribution is 0.600. The van der Waals surface area contributed by atoms with Gasteiger partial charge in [-0.05, 0) is 29.8 Å². The summed E-state index contributed by atoms with van der Waals surface area (Å²) in [5.41, 5.74) is 4.07. The molecule has 1 N–H and O–H groups in total. The lowest BCUT2D eigenvalue weighted by Gasteiger charge is -2.09. The number of hydrogen-bond acceptors (Lipinski definition) is 4. The number of anilines is 1. The third kappa shape index (κ3) is 5.03. The molecule has 29 heavy (non-hydrogen) atoms. The molecule has 0 aliphatic heterocycles. The highest BCUT2D eigenvalue weighted by Crippen LogP contribution is 2.29. The summed E-state index contributed by atoms with van der Waals surface area (Å²) in [5.74, 6) is -0.113. The highest BCUT2D eigenvalue weighted by atomic mass is 35.5. The second kappa shape index (κ2) is 8.37. The minimum absolute atomic E-state index is 0.113. The Hall–Kier alpha value is -2.67. The van der Waals surface area contributed by atoms with Crippen LogP contribution in [0, 0.1) is 0 Å². The Kier molecular flexibility index (Phi) is 5.67. The zero-order chi connectivity index (χ0) is 20.3. The Balaban J connectivity index is 1.46. The van der Waals surface area contributed by atoms with E-state index in [0.717, 1.165) is 21.8 Å². The predicted molar refractivity (Wildman–Crippen MR) is 121 cm³/mol. The molecule has 0 aliphatic rings. The number of benzene rings is 3. The van der Waals surface area contributed by atoms with Crippen LogP contribution in [-0.2, 0) is 15.8 Å². The molecule has 0 amide bonds. The Bertz CT molecular complexity index is 1200. The van der Waals surface area contributed by atoms with E-state index in [-0.39, 0.29) is 5.75 Å². The zero-order valence-corrected chi connectivity index (χ0v) is 17.6. The van der Waals surface area contributed by atoms with Crippen LogP contribution >= 0.6 is 22.9 Å². The van der Waals surface area contributed by atoms with Crippen LogP contribution in [0.2, 0.25) is 5.02 Å². The Labute approximate surface area is 178 Å². The average Bonchev–Trinajstić information content (AvgIpc) is 3.21. The molecule has 0 unspecified atom stereocenters. The number of hydrogen-bond donors (Lipinski definition) is 1. The molecule has 7 heteroatoms. The molecule has 0 saturated carbocycles. The van der Waals surface area contributed by atoms with Gasteiger partial charge in [0.15, 0.2) is 0 Å². The van der Waals surface area contributed by atoms with Crippen molar-refractivity contribution in [3.63, 3.8) is 0 Å². The lowest BCUT2D eigenvalue weighted by Crippen LogP contribution is -2.14. The molecule has 0 bridgehead atoms. The number of aromatic nitrogens is 1. The van der Waals surface area contributed by atoms with Gasteiger partial charge in [-0.25, -0.2) is 13.4 Å². The van der Waals surface area contributed by atoms with Crippen molar-refractivity contribution < 1.29 is 8.42 Å². The fourth-order valence-corrected chi connectivity index (χ4v) is 5.00. The second-order valence-electron chi connectivity index (χ2n) is 6.47. The molecule has 0 aliphatic carbocycles. The van der Waals surface area contributed by atoms with Crippen molar-refractivity contribution in [3.8, 4) is 21.8 Å². The number of halogens is 1. The standard InChI is InChI=1S/C22H17ClN2O2S2/c23-19-10-6-16(7-11-19)15-29(26,27)25-20-12-8-17(9-13-20)21-14-28-22(24-21)18-4-2-1-3-5-18/h1-14,25H,15H2. The van der Waals surface area contributed by atoms with Crippen molar-refractivity contribution in [2.75, 3.05) is 4.72 Å². The molecule has 0 radical (unpaired) electrons. The molecule has 1 aromatic heterocycles. The van der Waals surface area contributed by atoms with E-state index in [9.17, 15) is 8.42 Å². The van der Waals surface area contributed by atoms with E-state index in [1.807, 2.05) is 47.8 Å².